The summed E-state index contributed by atoms with van der Waals surface area (Å²) in [4.78, 5) is 24.6. The third kappa shape index (κ3) is 5.79. The van der Waals surface area contributed by atoms with Gasteiger partial charge in [0.15, 0.2) is 0 Å². The molecular weight excluding hydrogens is 322 g/mol. The Morgan fingerprint density at radius 3 is 2.80 bits per heavy atom. The fourth-order valence-electron chi connectivity index (χ4n) is 3.26. The zero-order chi connectivity index (χ0) is 18.4. The number of rotatable bonds is 7. The summed E-state index contributed by atoms with van der Waals surface area (Å²) in [5, 5.41) is 23.6. The molecule has 2 unspecified atom stereocenters. The molecule has 138 valence electrons. The fraction of sp³-hybridized carbons (Fsp3) is 0.611. The molecule has 1 saturated carbocycles. The largest absolute Gasteiger partial charge is 0.393 e. The third-order valence-corrected chi connectivity index (χ3v) is 4.84. The molecule has 1 aromatic carbocycles. The molecule has 0 bridgehead atoms. The van der Waals surface area contributed by atoms with Crippen LogP contribution in [-0.4, -0.2) is 47.1 Å². The maximum Gasteiger partial charge on any atom is 0.271 e. The Morgan fingerprint density at radius 2 is 2.12 bits per heavy atom. The number of nitrogens with one attached hydrogen (secondary N) is 1. The Bertz CT molecular complexity index is 620. The molecule has 0 spiro atoms. The molecule has 0 aromatic heterocycles. The van der Waals surface area contributed by atoms with Crippen molar-refractivity contribution in [2.45, 2.75) is 45.1 Å². The van der Waals surface area contributed by atoms with Crippen LogP contribution in [0.2, 0.25) is 0 Å². The van der Waals surface area contributed by atoms with E-state index in [0.717, 1.165) is 37.8 Å². The molecule has 1 aromatic rings. The molecule has 7 heteroatoms. The lowest BCUT2D eigenvalue weighted by atomic mass is 9.86. The Balaban J connectivity index is 1.82. The van der Waals surface area contributed by atoms with Crippen LogP contribution in [0.15, 0.2) is 18.2 Å². The average Bonchev–Trinajstić information content (AvgIpc) is 2.57. The molecule has 0 aliphatic heterocycles. The van der Waals surface area contributed by atoms with Gasteiger partial charge in [0, 0.05) is 31.6 Å². The van der Waals surface area contributed by atoms with E-state index in [2.05, 4.69) is 10.2 Å². The van der Waals surface area contributed by atoms with Crippen molar-refractivity contribution in [3.63, 3.8) is 0 Å². The molecule has 2 rings (SSSR count). The molecule has 1 amide bonds. The SMILES string of the molecule is Cc1ccc([N+](=O)[O-])cc1NC(=O)CCN(C)CC1CCCCC1O. The minimum atomic E-state index is -0.474. The Hall–Kier alpha value is -1.99. The molecule has 0 heterocycles. The number of benzene rings is 1. The molecule has 7 nitrogen and oxygen atoms in total. The van der Waals surface area contributed by atoms with Gasteiger partial charge in [0.05, 0.1) is 16.7 Å². The highest BCUT2D eigenvalue weighted by Crippen LogP contribution is 2.25. The van der Waals surface area contributed by atoms with Crippen LogP contribution in [-0.2, 0) is 4.79 Å². The molecule has 1 aliphatic carbocycles. The van der Waals surface area contributed by atoms with Crippen molar-refractivity contribution in [2.24, 2.45) is 5.92 Å². The van der Waals surface area contributed by atoms with Gasteiger partial charge in [0.25, 0.3) is 5.69 Å². The standard InChI is InChI=1S/C18H27N3O4/c1-13-7-8-15(21(24)25)11-16(13)19-18(23)9-10-20(2)12-14-5-3-4-6-17(14)22/h7-8,11,14,17,22H,3-6,9-10,12H2,1-2H3,(H,19,23). The van der Waals surface area contributed by atoms with E-state index in [0.29, 0.717) is 18.7 Å². The van der Waals surface area contributed by atoms with Crippen molar-refractivity contribution in [1.82, 2.24) is 4.90 Å². The van der Waals surface area contributed by atoms with Crippen LogP contribution < -0.4 is 5.32 Å². The van der Waals surface area contributed by atoms with E-state index < -0.39 is 4.92 Å². The summed E-state index contributed by atoms with van der Waals surface area (Å²) in [6.07, 6.45) is 4.21. The van der Waals surface area contributed by atoms with Gasteiger partial charge in [0.1, 0.15) is 0 Å². The van der Waals surface area contributed by atoms with Crippen LogP contribution in [0.4, 0.5) is 11.4 Å². The summed E-state index contributed by atoms with van der Waals surface area (Å²) in [6.45, 7) is 3.17. The highest BCUT2D eigenvalue weighted by Gasteiger charge is 2.24. The summed E-state index contributed by atoms with van der Waals surface area (Å²) >= 11 is 0. The van der Waals surface area contributed by atoms with Gasteiger partial charge in [-0.2, -0.15) is 0 Å². The normalized spacial score (nSPS) is 20.5. The number of amides is 1. The number of nitrogens with zero attached hydrogens (tertiary/aromatic N) is 2. The topological polar surface area (TPSA) is 95.7 Å². The summed E-state index contributed by atoms with van der Waals surface area (Å²) in [7, 11) is 1.95. The van der Waals surface area contributed by atoms with Crippen LogP contribution in [0.3, 0.4) is 0 Å². The number of nitro benzene ring substituents is 1. The monoisotopic (exact) mass is 349 g/mol. The molecule has 25 heavy (non-hydrogen) atoms. The van der Waals surface area contributed by atoms with Gasteiger partial charge in [0.2, 0.25) is 5.91 Å². The van der Waals surface area contributed by atoms with E-state index in [-0.39, 0.29) is 23.6 Å². The average molecular weight is 349 g/mol. The first-order chi connectivity index (χ1) is 11.9. The number of nitro groups is 1. The highest BCUT2D eigenvalue weighted by molar-refractivity contribution is 5.92. The van der Waals surface area contributed by atoms with Crippen molar-refractivity contribution >= 4 is 17.3 Å². The Labute approximate surface area is 148 Å². The summed E-state index contributed by atoms with van der Waals surface area (Å²) < 4.78 is 0. The minimum Gasteiger partial charge on any atom is -0.393 e. The van der Waals surface area contributed by atoms with E-state index in [9.17, 15) is 20.0 Å². The predicted octanol–water partition coefficient (Wildman–Crippen LogP) is 2.71. The second-order valence-corrected chi connectivity index (χ2v) is 6.93. The van der Waals surface area contributed by atoms with Gasteiger partial charge in [-0.1, -0.05) is 18.9 Å². The lowest BCUT2D eigenvalue weighted by molar-refractivity contribution is -0.384. The van der Waals surface area contributed by atoms with Crippen LogP contribution in [0.5, 0.6) is 0 Å². The van der Waals surface area contributed by atoms with E-state index in [4.69, 9.17) is 0 Å². The number of aliphatic hydroxyl groups excluding tert-OH is 1. The van der Waals surface area contributed by atoms with Crippen molar-refractivity contribution in [3.05, 3.63) is 33.9 Å². The number of hydrogen-bond acceptors (Lipinski definition) is 5. The van der Waals surface area contributed by atoms with Crippen LogP contribution in [0.25, 0.3) is 0 Å². The first kappa shape index (κ1) is 19.3. The molecule has 1 aliphatic rings. The third-order valence-electron chi connectivity index (χ3n) is 4.84. The van der Waals surface area contributed by atoms with Crippen molar-refractivity contribution in [2.75, 3.05) is 25.5 Å². The van der Waals surface area contributed by atoms with E-state index in [1.165, 1.54) is 12.1 Å². The first-order valence-corrected chi connectivity index (χ1v) is 8.78. The second kappa shape index (κ2) is 8.92. The smallest absolute Gasteiger partial charge is 0.271 e. The zero-order valence-corrected chi connectivity index (χ0v) is 14.9. The minimum absolute atomic E-state index is 0.0377. The van der Waals surface area contributed by atoms with Crippen molar-refractivity contribution in [1.29, 1.82) is 0 Å². The number of hydrogen-bond donors (Lipinski definition) is 2. The van der Waals surface area contributed by atoms with Gasteiger partial charge >= 0.3 is 0 Å². The number of aliphatic hydroxyl groups is 1. The summed E-state index contributed by atoms with van der Waals surface area (Å²) in [5.41, 5.74) is 1.23. The number of anilines is 1. The van der Waals surface area contributed by atoms with E-state index in [1.807, 2.05) is 7.05 Å². The molecule has 0 radical (unpaired) electrons. The van der Waals surface area contributed by atoms with Crippen molar-refractivity contribution < 1.29 is 14.8 Å². The first-order valence-electron chi connectivity index (χ1n) is 8.78. The zero-order valence-electron chi connectivity index (χ0n) is 14.9. The van der Waals surface area contributed by atoms with Gasteiger partial charge in [-0.05, 0) is 38.3 Å². The maximum absolute atomic E-state index is 12.1. The molecule has 2 atom stereocenters. The number of carbonyl (C=O) groups excluding carboxylic acids is 1. The van der Waals surface area contributed by atoms with E-state index >= 15 is 0 Å². The lowest BCUT2D eigenvalue weighted by Crippen LogP contribution is -2.36. The van der Waals surface area contributed by atoms with Crippen molar-refractivity contribution in [3.8, 4) is 0 Å². The van der Waals surface area contributed by atoms with Gasteiger partial charge in [-0.25, -0.2) is 0 Å². The number of aryl methyl sites for hydroxylation is 1. The Morgan fingerprint density at radius 1 is 1.40 bits per heavy atom. The van der Waals surface area contributed by atoms with Gasteiger partial charge in [-0.3, -0.25) is 14.9 Å². The molecule has 0 saturated heterocycles. The van der Waals surface area contributed by atoms with Crippen LogP contribution >= 0.6 is 0 Å². The van der Waals surface area contributed by atoms with E-state index in [1.54, 1.807) is 13.0 Å². The maximum atomic E-state index is 12.1. The second-order valence-electron chi connectivity index (χ2n) is 6.93. The number of carbonyl (C=O) groups is 1. The van der Waals surface area contributed by atoms with Crippen LogP contribution in [0.1, 0.15) is 37.7 Å². The van der Waals surface area contributed by atoms with Gasteiger partial charge in [-0.15, -0.1) is 0 Å². The summed E-state index contributed by atoms with van der Waals surface area (Å²) in [6, 6.07) is 4.44. The predicted molar refractivity (Wildman–Crippen MR) is 96.5 cm³/mol. The molecular formula is C18H27N3O4. The molecule has 1 fully saturated rings. The fourth-order valence-corrected chi connectivity index (χ4v) is 3.26. The lowest BCUT2D eigenvalue weighted by Gasteiger charge is -2.31. The number of non-ortho nitro benzene ring substituents is 1. The Kier molecular flexibility index (Phi) is 6.90. The quantitative estimate of drug-likeness (QED) is 0.583. The van der Waals surface area contributed by atoms with Crippen LogP contribution in [0, 0.1) is 23.0 Å². The van der Waals surface area contributed by atoms with Gasteiger partial charge < -0.3 is 15.3 Å². The molecule has 2 N–H and O–H groups in total. The highest BCUT2D eigenvalue weighted by atomic mass is 16.6. The summed E-state index contributed by atoms with van der Waals surface area (Å²) in [5.74, 6) is 0.112.